The summed E-state index contributed by atoms with van der Waals surface area (Å²) in [5, 5.41) is 0. The van der Waals surface area contributed by atoms with Crippen LogP contribution in [0.1, 0.15) is 46.5 Å². The molecule has 0 spiro atoms. The van der Waals surface area contributed by atoms with Crippen molar-refractivity contribution < 1.29 is 14.0 Å². The zero-order valence-corrected chi connectivity index (χ0v) is 18.1. The average molecular weight is 447 g/mol. The molecule has 3 aromatic heterocycles. The number of nitrogens with zero attached hydrogens (tertiary/aromatic N) is 4. The highest BCUT2D eigenvalue weighted by molar-refractivity contribution is 5.94. The number of amides is 2. The molecule has 3 aromatic rings. The second kappa shape index (κ2) is 9.01. The molecule has 170 valence electrons. The average Bonchev–Trinajstić information content (AvgIpc) is 3.55. The van der Waals surface area contributed by atoms with Crippen LogP contribution in [0.5, 0.6) is 0 Å². The van der Waals surface area contributed by atoms with Crippen molar-refractivity contribution in [3.05, 3.63) is 70.7 Å². The molecule has 2 saturated heterocycles. The lowest BCUT2D eigenvalue weighted by molar-refractivity contribution is 0.0510. The minimum Gasteiger partial charge on any atom is -0.444 e. The van der Waals surface area contributed by atoms with Crippen molar-refractivity contribution in [2.75, 3.05) is 19.6 Å². The highest BCUT2D eigenvalue weighted by Crippen LogP contribution is 2.32. The molecule has 9 nitrogen and oxygen atoms in total. The van der Waals surface area contributed by atoms with Gasteiger partial charge in [0, 0.05) is 50.3 Å². The van der Waals surface area contributed by atoms with Gasteiger partial charge >= 0.3 is 0 Å². The van der Waals surface area contributed by atoms with Gasteiger partial charge in [-0.1, -0.05) is 0 Å². The molecule has 2 aliphatic rings. The van der Waals surface area contributed by atoms with E-state index in [1.807, 2.05) is 15.9 Å². The van der Waals surface area contributed by atoms with Crippen molar-refractivity contribution in [2.24, 2.45) is 5.92 Å². The van der Waals surface area contributed by atoms with Gasteiger partial charge in [0.1, 0.15) is 6.26 Å². The summed E-state index contributed by atoms with van der Waals surface area (Å²) in [5.74, 6) is 0.341. The van der Waals surface area contributed by atoms with Crippen molar-refractivity contribution in [1.82, 2.24) is 24.8 Å². The number of oxazole rings is 1. The number of H-pyrrole nitrogens is 1. The van der Waals surface area contributed by atoms with Gasteiger partial charge in [-0.15, -0.1) is 0 Å². The predicted octanol–water partition coefficient (Wildman–Crippen LogP) is 2.58. The number of carbonyl (C=O) groups is 2. The van der Waals surface area contributed by atoms with E-state index in [-0.39, 0.29) is 29.3 Å². The van der Waals surface area contributed by atoms with Crippen LogP contribution in [0.2, 0.25) is 0 Å². The second-order valence-electron chi connectivity index (χ2n) is 8.58. The van der Waals surface area contributed by atoms with Crippen LogP contribution in [0.15, 0.2) is 58.3 Å². The SMILES string of the molecule is O=C(c1ccc(=O)[nH]c1)N1CCC(C2CCCCN2C(=O)c2coc(-c3cccnc3)n2)C1. The molecule has 0 bridgehead atoms. The number of nitrogens with one attached hydrogen (secondary N) is 1. The molecule has 2 atom stereocenters. The van der Waals surface area contributed by atoms with Crippen LogP contribution in [0, 0.1) is 5.92 Å². The van der Waals surface area contributed by atoms with E-state index in [4.69, 9.17) is 4.42 Å². The summed E-state index contributed by atoms with van der Waals surface area (Å²) in [6, 6.07) is 6.60. The molecule has 5 rings (SSSR count). The topological polar surface area (TPSA) is 112 Å². The number of hydrogen-bond donors (Lipinski definition) is 1. The highest BCUT2D eigenvalue weighted by atomic mass is 16.3. The monoisotopic (exact) mass is 447 g/mol. The molecule has 0 aromatic carbocycles. The van der Waals surface area contributed by atoms with Gasteiger partial charge < -0.3 is 19.2 Å². The first-order valence-corrected chi connectivity index (χ1v) is 11.2. The van der Waals surface area contributed by atoms with E-state index in [0.717, 1.165) is 31.2 Å². The maximum atomic E-state index is 13.4. The third-order valence-electron chi connectivity index (χ3n) is 6.53. The predicted molar refractivity (Wildman–Crippen MR) is 119 cm³/mol. The van der Waals surface area contributed by atoms with Crippen LogP contribution < -0.4 is 5.56 Å². The maximum Gasteiger partial charge on any atom is 0.276 e. The molecule has 5 heterocycles. The number of likely N-dealkylation sites (tertiary alicyclic amines) is 2. The number of aromatic amines is 1. The zero-order chi connectivity index (χ0) is 22.8. The Morgan fingerprint density at radius 1 is 1.09 bits per heavy atom. The van der Waals surface area contributed by atoms with Gasteiger partial charge in [0.15, 0.2) is 5.69 Å². The highest BCUT2D eigenvalue weighted by Gasteiger charge is 2.39. The fourth-order valence-electron chi connectivity index (χ4n) is 4.85. The van der Waals surface area contributed by atoms with Crippen molar-refractivity contribution in [1.29, 1.82) is 0 Å². The lowest BCUT2D eigenvalue weighted by Crippen LogP contribution is -2.48. The van der Waals surface area contributed by atoms with E-state index in [1.165, 1.54) is 18.5 Å². The summed E-state index contributed by atoms with van der Waals surface area (Å²) in [6.07, 6.45) is 9.93. The van der Waals surface area contributed by atoms with Crippen LogP contribution in [-0.2, 0) is 0 Å². The van der Waals surface area contributed by atoms with Gasteiger partial charge in [-0.3, -0.25) is 19.4 Å². The van der Waals surface area contributed by atoms with E-state index in [9.17, 15) is 14.4 Å². The van der Waals surface area contributed by atoms with Crippen LogP contribution in [0.25, 0.3) is 11.5 Å². The van der Waals surface area contributed by atoms with E-state index >= 15 is 0 Å². The minimum absolute atomic E-state index is 0.0539. The van der Waals surface area contributed by atoms with E-state index in [1.54, 1.807) is 24.5 Å². The van der Waals surface area contributed by atoms with Crippen LogP contribution in [-0.4, -0.2) is 62.2 Å². The Labute approximate surface area is 190 Å². The lowest BCUT2D eigenvalue weighted by atomic mass is 9.89. The number of hydrogen-bond acceptors (Lipinski definition) is 6. The molecule has 0 aliphatic carbocycles. The maximum absolute atomic E-state index is 13.4. The fraction of sp³-hybridized carbons (Fsp3) is 0.375. The van der Waals surface area contributed by atoms with E-state index < -0.39 is 0 Å². The summed E-state index contributed by atoms with van der Waals surface area (Å²) in [6.45, 7) is 1.89. The van der Waals surface area contributed by atoms with Crippen LogP contribution >= 0.6 is 0 Å². The van der Waals surface area contributed by atoms with Crippen molar-refractivity contribution >= 4 is 11.8 Å². The van der Waals surface area contributed by atoms with Crippen molar-refractivity contribution in [3.63, 3.8) is 0 Å². The number of carbonyl (C=O) groups excluding carboxylic acids is 2. The standard InChI is InChI=1S/C24H25N5O4/c30-21-7-6-17(13-26-21)23(31)28-11-8-18(14-28)20-5-1-2-10-29(20)24(32)19-15-33-22(27-19)16-4-3-9-25-12-16/h3-4,6-7,9,12-13,15,18,20H,1-2,5,8,10-11,14H2,(H,26,30). The quantitative estimate of drug-likeness (QED) is 0.658. The zero-order valence-electron chi connectivity index (χ0n) is 18.1. The third-order valence-corrected chi connectivity index (χ3v) is 6.53. The Kier molecular flexibility index (Phi) is 5.77. The molecule has 33 heavy (non-hydrogen) atoms. The normalized spacial score (nSPS) is 20.7. The summed E-state index contributed by atoms with van der Waals surface area (Å²) in [4.78, 5) is 52.3. The number of piperidine rings is 1. The van der Waals surface area contributed by atoms with Crippen molar-refractivity contribution in [2.45, 2.75) is 31.7 Å². The van der Waals surface area contributed by atoms with Crippen LogP contribution in [0.3, 0.4) is 0 Å². The summed E-state index contributed by atoms with van der Waals surface area (Å²) < 4.78 is 5.55. The van der Waals surface area contributed by atoms with Gasteiger partial charge in [0.2, 0.25) is 11.4 Å². The summed E-state index contributed by atoms with van der Waals surface area (Å²) >= 11 is 0. The van der Waals surface area contributed by atoms with Crippen LogP contribution in [0.4, 0.5) is 0 Å². The Balaban J connectivity index is 1.29. The van der Waals surface area contributed by atoms with Gasteiger partial charge in [0.25, 0.3) is 11.8 Å². The third kappa shape index (κ3) is 4.30. The Hall–Kier alpha value is -3.75. The number of pyridine rings is 2. The van der Waals surface area contributed by atoms with Gasteiger partial charge in [0.05, 0.1) is 11.1 Å². The van der Waals surface area contributed by atoms with Crippen molar-refractivity contribution in [3.8, 4) is 11.5 Å². The Bertz CT molecular complexity index is 1180. The Morgan fingerprint density at radius 2 is 2.00 bits per heavy atom. The molecule has 2 aliphatic heterocycles. The lowest BCUT2D eigenvalue weighted by Gasteiger charge is -2.38. The largest absolute Gasteiger partial charge is 0.444 e. The molecule has 1 N–H and O–H groups in total. The fourth-order valence-corrected chi connectivity index (χ4v) is 4.85. The van der Waals surface area contributed by atoms with Gasteiger partial charge in [-0.05, 0) is 49.8 Å². The number of rotatable bonds is 4. The summed E-state index contributed by atoms with van der Waals surface area (Å²) in [7, 11) is 0. The molecular weight excluding hydrogens is 422 g/mol. The smallest absolute Gasteiger partial charge is 0.276 e. The first kappa shape index (κ1) is 21.1. The second-order valence-corrected chi connectivity index (χ2v) is 8.58. The van der Waals surface area contributed by atoms with Gasteiger partial charge in [-0.25, -0.2) is 4.98 Å². The summed E-state index contributed by atoms with van der Waals surface area (Å²) in [5.41, 5.74) is 1.25. The first-order chi connectivity index (χ1) is 16.1. The van der Waals surface area contributed by atoms with E-state index in [0.29, 0.717) is 36.8 Å². The minimum atomic E-state index is -0.234. The van der Waals surface area contributed by atoms with Gasteiger partial charge in [-0.2, -0.15) is 0 Å². The molecular formula is C24H25N5O4. The van der Waals surface area contributed by atoms with E-state index in [2.05, 4.69) is 15.0 Å². The molecule has 2 fully saturated rings. The first-order valence-electron chi connectivity index (χ1n) is 11.2. The molecule has 0 radical (unpaired) electrons. The molecule has 2 unspecified atom stereocenters. The molecule has 9 heteroatoms. The number of aromatic nitrogens is 3. The Morgan fingerprint density at radius 3 is 2.79 bits per heavy atom. The molecule has 2 amide bonds. The molecule has 0 saturated carbocycles.